The van der Waals surface area contributed by atoms with Crippen LogP contribution in [0.15, 0.2) is 0 Å². The van der Waals surface area contributed by atoms with Gasteiger partial charge < -0.3 is 9.80 Å². The van der Waals surface area contributed by atoms with Crippen molar-refractivity contribution >= 4 is 0 Å². The van der Waals surface area contributed by atoms with Gasteiger partial charge >= 0.3 is 0 Å². The number of nitrogens with zero attached hydrogens (tertiary/aromatic N) is 2. The lowest BCUT2D eigenvalue weighted by atomic mass is 10.3. The Morgan fingerprint density at radius 3 is 2.54 bits per heavy atom. The highest BCUT2D eigenvalue weighted by Crippen LogP contribution is 2.02. The van der Waals surface area contributed by atoms with E-state index in [9.17, 15) is 0 Å². The summed E-state index contributed by atoms with van der Waals surface area (Å²) in [5.74, 6) is 2.71. The summed E-state index contributed by atoms with van der Waals surface area (Å²) >= 11 is 0. The van der Waals surface area contributed by atoms with Crippen LogP contribution in [0.5, 0.6) is 0 Å². The quantitative estimate of drug-likeness (QED) is 0.599. The average Bonchev–Trinajstić information content (AvgIpc) is 2.39. The Kier molecular flexibility index (Phi) is 4.88. The summed E-state index contributed by atoms with van der Waals surface area (Å²) in [4.78, 5) is 4.99. The number of likely N-dealkylation sites (N-methyl/N-ethyl adjacent to an activating group) is 1. The van der Waals surface area contributed by atoms with Crippen molar-refractivity contribution in [3.05, 3.63) is 0 Å². The average molecular weight is 180 g/mol. The maximum Gasteiger partial charge on any atom is 0.0214 e. The second kappa shape index (κ2) is 6.01. The molecule has 0 amide bonds. The van der Waals surface area contributed by atoms with Crippen molar-refractivity contribution in [2.75, 3.05) is 39.3 Å². The third-order valence-corrected chi connectivity index (χ3v) is 2.70. The lowest BCUT2D eigenvalue weighted by Gasteiger charge is -2.19. The maximum atomic E-state index is 5.25. The van der Waals surface area contributed by atoms with Crippen LogP contribution in [0.4, 0.5) is 0 Å². The summed E-state index contributed by atoms with van der Waals surface area (Å²) in [6.07, 6.45) is 7.44. The van der Waals surface area contributed by atoms with Crippen LogP contribution in [0.1, 0.15) is 19.8 Å². The molecule has 2 heteroatoms. The topological polar surface area (TPSA) is 6.48 Å². The molecule has 1 saturated heterocycles. The van der Waals surface area contributed by atoms with Gasteiger partial charge in [-0.05, 0) is 26.1 Å². The Hall–Kier alpha value is -0.520. The molecule has 0 aromatic carbocycles. The molecule has 1 rings (SSSR count). The molecule has 1 fully saturated rings. The smallest absolute Gasteiger partial charge is 0.0214 e. The van der Waals surface area contributed by atoms with Gasteiger partial charge in [0, 0.05) is 26.1 Å². The molecule has 0 aromatic rings. The van der Waals surface area contributed by atoms with Crippen LogP contribution in [-0.4, -0.2) is 49.1 Å². The first kappa shape index (κ1) is 10.6. The van der Waals surface area contributed by atoms with Crippen LogP contribution in [-0.2, 0) is 0 Å². The second-order valence-corrected chi connectivity index (χ2v) is 3.58. The van der Waals surface area contributed by atoms with E-state index in [2.05, 4.69) is 22.6 Å². The molecule has 0 radical (unpaired) electrons. The fourth-order valence-electron chi connectivity index (χ4n) is 1.79. The van der Waals surface area contributed by atoms with Crippen molar-refractivity contribution < 1.29 is 0 Å². The van der Waals surface area contributed by atoms with Gasteiger partial charge in [0.05, 0.1) is 0 Å². The molecule has 1 aliphatic rings. The zero-order valence-corrected chi connectivity index (χ0v) is 8.63. The molecule has 0 aromatic heterocycles. The molecule has 1 aliphatic heterocycles. The summed E-state index contributed by atoms with van der Waals surface area (Å²) in [5.41, 5.74) is 0. The molecule has 74 valence electrons. The minimum atomic E-state index is 0.895. The Morgan fingerprint density at radius 1 is 1.15 bits per heavy atom. The molecule has 0 spiro atoms. The van der Waals surface area contributed by atoms with E-state index in [0.717, 1.165) is 13.0 Å². The maximum absolute atomic E-state index is 5.25. The highest BCUT2D eigenvalue weighted by atomic mass is 15.2. The normalized spacial score (nSPS) is 20.9. The van der Waals surface area contributed by atoms with Gasteiger partial charge in [-0.3, -0.25) is 0 Å². The van der Waals surface area contributed by atoms with Gasteiger partial charge in [-0.1, -0.05) is 6.92 Å². The lowest BCUT2D eigenvalue weighted by Crippen LogP contribution is -2.31. The van der Waals surface area contributed by atoms with Gasteiger partial charge in [0.25, 0.3) is 0 Å². The fourth-order valence-corrected chi connectivity index (χ4v) is 1.79. The summed E-state index contributed by atoms with van der Waals surface area (Å²) in [6, 6.07) is 0. The molecule has 13 heavy (non-hydrogen) atoms. The van der Waals surface area contributed by atoms with Gasteiger partial charge in [-0.15, -0.1) is 12.3 Å². The van der Waals surface area contributed by atoms with E-state index >= 15 is 0 Å². The van der Waals surface area contributed by atoms with Crippen LogP contribution in [0.3, 0.4) is 0 Å². The zero-order chi connectivity index (χ0) is 9.52. The highest BCUT2D eigenvalue weighted by molar-refractivity contribution is 4.85. The summed E-state index contributed by atoms with van der Waals surface area (Å²) in [7, 11) is 0. The van der Waals surface area contributed by atoms with Crippen molar-refractivity contribution in [1.29, 1.82) is 0 Å². The van der Waals surface area contributed by atoms with E-state index in [1.165, 1.54) is 39.1 Å². The van der Waals surface area contributed by atoms with Crippen molar-refractivity contribution in [2.24, 2.45) is 0 Å². The summed E-state index contributed by atoms with van der Waals surface area (Å²) < 4.78 is 0. The van der Waals surface area contributed by atoms with Crippen LogP contribution in [0.25, 0.3) is 0 Å². The van der Waals surface area contributed by atoms with Crippen molar-refractivity contribution in [2.45, 2.75) is 19.8 Å². The summed E-state index contributed by atoms with van der Waals surface area (Å²) in [6.45, 7) is 9.37. The van der Waals surface area contributed by atoms with Gasteiger partial charge in [-0.2, -0.15) is 0 Å². The molecule has 0 N–H and O–H groups in total. The monoisotopic (exact) mass is 180 g/mol. The number of rotatable bonds is 3. The second-order valence-electron chi connectivity index (χ2n) is 3.58. The third kappa shape index (κ3) is 3.80. The molecule has 2 nitrogen and oxygen atoms in total. The standard InChI is InChI=1S/C11H20N2/c1-3-5-7-13-9-6-8-12(4-2)10-11-13/h1H,4-11H2,2H3. The van der Waals surface area contributed by atoms with E-state index < -0.39 is 0 Å². The number of terminal acetylenes is 1. The molecule has 0 unspecified atom stereocenters. The number of hydrogen-bond donors (Lipinski definition) is 0. The van der Waals surface area contributed by atoms with Gasteiger partial charge in [0.1, 0.15) is 0 Å². The van der Waals surface area contributed by atoms with Crippen LogP contribution < -0.4 is 0 Å². The van der Waals surface area contributed by atoms with Crippen LogP contribution in [0, 0.1) is 12.3 Å². The summed E-state index contributed by atoms with van der Waals surface area (Å²) in [5, 5.41) is 0. The fraction of sp³-hybridized carbons (Fsp3) is 0.818. The van der Waals surface area contributed by atoms with Crippen molar-refractivity contribution in [3.8, 4) is 12.3 Å². The zero-order valence-electron chi connectivity index (χ0n) is 8.63. The Labute approximate surface area is 81.9 Å². The van der Waals surface area contributed by atoms with E-state index in [4.69, 9.17) is 6.42 Å². The molecular formula is C11H20N2. The highest BCUT2D eigenvalue weighted by Gasteiger charge is 2.12. The molecule has 0 bridgehead atoms. The number of hydrogen-bond acceptors (Lipinski definition) is 2. The Balaban J connectivity index is 2.24. The van der Waals surface area contributed by atoms with E-state index in [1.807, 2.05) is 0 Å². The molecule has 1 heterocycles. The predicted octanol–water partition coefficient (Wildman–Crippen LogP) is 1.04. The predicted molar refractivity (Wildman–Crippen MR) is 56.6 cm³/mol. The molecular weight excluding hydrogens is 160 g/mol. The van der Waals surface area contributed by atoms with E-state index in [1.54, 1.807) is 0 Å². The third-order valence-electron chi connectivity index (χ3n) is 2.70. The van der Waals surface area contributed by atoms with Gasteiger partial charge in [-0.25, -0.2) is 0 Å². The first-order chi connectivity index (χ1) is 6.36. The molecule has 0 saturated carbocycles. The van der Waals surface area contributed by atoms with Gasteiger partial charge in [0.15, 0.2) is 0 Å². The Morgan fingerprint density at radius 2 is 1.85 bits per heavy atom. The lowest BCUT2D eigenvalue weighted by molar-refractivity contribution is 0.267. The van der Waals surface area contributed by atoms with Crippen molar-refractivity contribution in [1.82, 2.24) is 9.80 Å². The SMILES string of the molecule is C#CCCN1CCCN(CC)CC1. The minimum absolute atomic E-state index is 0.895. The molecule has 0 aliphatic carbocycles. The largest absolute Gasteiger partial charge is 0.302 e. The van der Waals surface area contributed by atoms with E-state index in [-0.39, 0.29) is 0 Å². The first-order valence-electron chi connectivity index (χ1n) is 5.25. The van der Waals surface area contributed by atoms with Crippen LogP contribution >= 0.6 is 0 Å². The first-order valence-corrected chi connectivity index (χ1v) is 5.25. The molecule has 0 atom stereocenters. The van der Waals surface area contributed by atoms with Crippen molar-refractivity contribution in [3.63, 3.8) is 0 Å². The van der Waals surface area contributed by atoms with E-state index in [0.29, 0.717) is 0 Å². The van der Waals surface area contributed by atoms with Gasteiger partial charge in [0.2, 0.25) is 0 Å². The minimum Gasteiger partial charge on any atom is -0.302 e. The van der Waals surface area contributed by atoms with Crippen LogP contribution in [0.2, 0.25) is 0 Å². The Bertz CT molecular complexity index is 171.